The van der Waals surface area contributed by atoms with E-state index in [4.69, 9.17) is 4.74 Å². The fraction of sp³-hybridized carbons (Fsp3) is 0.381. The molecule has 0 radical (unpaired) electrons. The molecule has 2 aromatic rings. The summed E-state index contributed by atoms with van der Waals surface area (Å²) in [4.78, 5) is 63.6. The van der Waals surface area contributed by atoms with Crippen molar-refractivity contribution in [2.45, 2.75) is 31.7 Å². The monoisotopic (exact) mass is 447 g/mol. The van der Waals surface area contributed by atoms with Crippen LogP contribution in [0.4, 0.5) is 13.6 Å². The maximum atomic E-state index is 15.8. The van der Waals surface area contributed by atoms with Crippen molar-refractivity contribution in [3.8, 4) is 0 Å². The van der Waals surface area contributed by atoms with E-state index in [1.165, 1.54) is 4.57 Å². The SMILES string of the molecule is CCOC(=O)c1cn(C2CC2)c2c(F)c(C3C(=O)N(C)C(=O)N(C)C3=O)c(F)cc2c1=O. The van der Waals surface area contributed by atoms with E-state index in [2.05, 4.69) is 0 Å². The van der Waals surface area contributed by atoms with Gasteiger partial charge in [0.1, 0.15) is 17.3 Å². The van der Waals surface area contributed by atoms with Gasteiger partial charge in [-0.05, 0) is 25.8 Å². The number of pyridine rings is 1. The number of esters is 1. The van der Waals surface area contributed by atoms with Crippen molar-refractivity contribution in [2.24, 2.45) is 0 Å². The fourth-order valence-corrected chi connectivity index (χ4v) is 3.87. The van der Waals surface area contributed by atoms with Crippen LogP contribution in [0, 0.1) is 11.6 Å². The third kappa shape index (κ3) is 3.07. The average molecular weight is 447 g/mol. The number of likely N-dealkylation sites (N-methyl/N-ethyl adjacent to an activating group) is 2. The Morgan fingerprint density at radius 2 is 1.69 bits per heavy atom. The standard InChI is InChI=1S/C21H19F2N3O6/c1-4-32-20(30)11-8-26(9-5-6-9)16-10(17(11)27)7-12(22)13(15(16)23)14-18(28)24(2)21(31)25(3)19(14)29/h7-9,14H,4-6H2,1-3H3. The van der Waals surface area contributed by atoms with Gasteiger partial charge in [0.15, 0.2) is 5.82 Å². The van der Waals surface area contributed by atoms with Crippen LogP contribution in [0.2, 0.25) is 0 Å². The minimum atomic E-state index is -1.93. The number of carbonyl (C=O) groups excluding carboxylic acids is 4. The summed E-state index contributed by atoms with van der Waals surface area (Å²) in [6, 6.07) is -0.454. The number of nitrogens with zero attached hydrogens (tertiary/aromatic N) is 3. The summed E-state index contributed by atoms with van der Waals surface area (Å²) < 4.78 is 37.1. The lowest BCUT2D eigenvalue weighted by Gasteiger charge is -2.33. The zero-order valence-electron chi connectivity index (χ0n) is 17.5. The number of aromatic nitrogens is 1. The van der Waals surface area contributed by atoms with Gasteiger partial charge >= 0.3 is 12.0 Å². The highest BCUT2D eigenvalue weighted by atomic mass is 19.1. The number of carbonyl (C=O) groups is 4. The topological polar surface area (TPSA) is 106 Å². The van der Waals surface area contributed by atoms with Crippen LogP contribution in [-0.4, -0.2) is 58.9 Å². The number of rotatable bonds is 4. The molecular formula is C21H19F2N3O6. The summed E-state index contributed by atoms with van der Waals surface area (Å²) in [5, 5.41) is -0.408. The maximum absolute atomic E-state index is 15.8. The molecule has 1 aliphatic carbocycles. The van der Waals surface area contributed by atoms with Gasteiger partial charge in [-0.3, -0.25) is 24.2 Å². The van der Waals surface area contributed by atoms with E-state index >= 15 is 8.78 Å². The van der Waals surface area contributed by atoms with Crippen molar-refractivity contribution < 1.29 is 32.7 Å². The highest BCUT2D eigenvalue weighted by molar-refractivity contribution is 6.19. The van der Waals surface area contributed by atoms with Gasteiger partial charge in [-0.1, -0.05) is 0 Å². The first-order valence-corrected chi connectivity index (χ1v) is 9.93. The minimum absolute atomic E-state index is 0.00700. The molecule has 1 aliphatic heterocycles. The number of barbiturate groups is 1. The van der Waals surface area contributed by atoms with E-state index < -0.39 is 57.7 Å². The van der Waals surface area contributed by atoms with E-state index in [0.29, 0.717) is 28.7 Å². The second-order valence-corrected chi connectivity index (χ2v) is 7.72. The number of hydrogen-bond donors (Lipinski definition) is 0. The second kappa shape index (κ2) is 7.50. The van der Waals surface area contributed by atoms with Crippen LogP contribution in [-0.2, 0) is 14.3 Å². The number of urea groups is 1. The number of benzene rings is 1. The van der Waals surface area contributed by atoms with Gasteiger partial charge < -0.3 is 9.30 Å². The third-order valence-corrected chi connectivity index (χ3v) is 5.70. The van der Waals surface area contributed by atoms with Crippen molar-refractivity contribution in [1.82, 2.24) is 14.4 Å². The normalized spacial score (nSPS) is 17.5. The number of ether oxygens (including phenoxy) is 1. The van der Waals surface area contributed by atoms with Crippen molar-refractivity contribution >= 4 is 34.7 Å². The Balaban J connectivity index is 2.01. The van der Waals surface area contributed by atoms with E-state index in [1.807, 2.05) is 0 Å². The molecule has 0 bridgehead atoms. The molecule has 0 spiro atoms. The summed E-state index contributed by atoms with van der Waals surface area (Å²) in [5.41, 5.74) is -2.46. The van der Waals surface area contributed by atoms with E-state index in [9.17, 15) is 24.0 Å². The Hall–Kier alpha value is -3.63. The molecule has 2 fully saturated rings. The van der Waals surface area contributed by atoms with Gasteiger partial charge in [-0.15, -0.1) is 0 Å². The molecule has 0 N–H and O–H groups in total. The van der Waals surface area contributed by atoms with Crippen LogP contribution in [0.3, 0.4) is 0 Å². The minimum Gasteiger partial charge on any atom is -0.462 e. The lowest BCUT2D eigenvalue weighted by Crippen LogP contribution is -2.56. The summed E-state index contributed by atoms with van der Waals surface area (Å²) in [5.74, 6) is -7.59. The molecule has 0 atom stereocenters. The lowest BCUT2D eigenvalue weighted by molar-refractivity contribution is -0.143. The fourth-order valence-electron chi connectivity index (χ4n) is 3.87. The van der Waals surface area contributed by atoms with Gasteiger partial charge in [-0.2, -0.15) is 0 Å². The Morgan fingerprint density at radius 3 is 2.22 bits per heavy atom. The second-order valence-electron chi connectivity index (χ2n) is 7.72. The smallest absolute Gasteiger partial charge is 0.343 e. The van der Waals surface area contributed by atoms with Crippen LogP contribution in [0.15, 0.2) is 17.1 Å². The third-order valence-electron chi connectivity index (χ3n) is 5.70. The molecule has 1 aromatic heterocycles. The Morgan fingerprint density at radius 1 is 1.09 bits per heavy atom. The maximum Gasteiger partial charge on any atom is 0.343 e. The molecule has 2 aliphatic rings. The summed E-state index contributed by atoms with van der Waals surface area (Å²) in [6.07, 6.45) is 2.43. The molecule has 1 saturated carbocycles. The number of fused-ring (bicyclic) bond motifs is 1. The first-order valence-electron chi connectivity index (χ1n) is 9.93. The van der Waals surface area contributed by atoms with E-state index in [1.54, 1.807) is 6.92 Å². The molecule has 4 rings (SSSR count). The molecule has 9 nitrogen and oxygen atoms in total. The lowest BCUT2D eigenvalue weighted by atomic mass is 9.91. The van der Waals surface area contributed by atoms with Crippen molar-refractivity contribution in [2.75, 3.05) is 20.7 Å². The molecular weight excluding hydrogens is 428 g/mol. The van der Waals surface area contributed by atoms with E-state index in [0.717, 1.165) is 20.3 Å². The Kier molecular flexibility index (Phi) is 5.06. The Bertz CT molecular complexity index is 1240. The number of halogens is 2. The van der Waals surface area contributed by atoms with Crippen LogP contribution in [0.25, 0.3) is 10.9 Å². The van der Waals surface area contributed by atoms with Crippen LogP contribution >= 0.6 is 0 Å². The summed E-state index contributed by atoms with van der Waals surface area (Å²) in [7, 11) is 2.20. The van der Waals surface area contributed by atoms with Crippen molar-refractivity contribution in [1.29, 1.82) is 0 Å². The largest absolute Gasteiger partial charge is 0.462 e. The van der Waals surface area contributed by atoms with Crippen molar-refractivity contribution in [3.05, 3.63) is 45.2 Å². The first kappa shape index (κ1) is 21.6. The predicted molar refractivity (Wildman–Crippen MR) is 106 cm³/mol. The molecule has 168 valence electrons. The Labute approximate surface area is 180 Å². The van der Waals surface area contributed by atoms with Gasteiger partial charge in [0.2, 0.25) is 17.2 Å². The van der Waals surface area contributed by atoms with Gasteiger partial charge in [0, 0.05) is 31.9 Å². The molecule has 0 unspecified atom stereocenters. The quantitative estimate of drug-likeness (QED) is 0.524. The first-order chi connectivity index (χ1) is 15.1. The molecule has 2 heterocycles. The van der Waals surface area contributed by atoms with Crippen LogP contribution in [0.5, 0.6) is 0 Å². The highest BCUT2D eigenvalue weighted by Gasteiger charge is 2.46. The van der Waals surface area contributed by atoms with E-state index in [-0.39, 0.29) is 23.7 Å². The molecule has 11 heteroatoms. The molecule has 4 amide bonds. The summed E-state index contributed by atoms with van der Waals surface area (Å²) in [6.45, 7) is 1.56. The molecule has 32 heavy (non-hydrogen) atoms. The number of imide groups is 2. The van der Waals surface area contributed by atoms with Crippen LogP contribution in [0.1, 0.15) is 47.6 Å². The highest BCUT2D eigenvalue weighted by Crippen LogP contribution is 2.40. The van der Waals surface area contributed by atoms with Crippen LogP contribution < -0.4 is 5.43 Å². The number of amides is 4. The van der Waals surface area contributed by atoms with Gasteiger partial charge in [-0.25, -0.2) is 18.4 Å². The predicted octanol–water partition coefficient (Wildman–Crippen LogP) is 1.93. The van der Waals surface area contributed by atoms with Crippen molar-refractivity contribution in [3.63, 3.8) is 0 Å². The molecule has 1 saturated heterocycles. The van der Waals surface area contributed by atoms with Gasteiger partial charge in [0.25, 0.3) is 0 Å². The average Bonchev–Trinajstić information content (AvgIpc) is 3.59. The van der Waals surface area contributed by atoms with Gasteiger partial charge in [0.05, 0.1) is 17.5 Å². The molecule has 1 aromatic carbocycles. The summed E-state index contributed by atoms with van der Waals surface area (Å²) >= 11 is 0. The zero-order valence-corrected chi connectivity index (χ0v) is 17.5. The number of hydrogen-bond acceptors (Lipinski definition) is 6. The zero-order chi connectivity index (χ0) is 23.5.